The van der Waals surface area contributed by atoms with Crippen molar-refractivity contribution in [2.24, 2.45) is 0 Å². The lowest BCUT2D eigenvalue weighted by atomic mass is 10.1. The molecule has 108 valence electrons. The number of carboxylic acid groups (broad SMARTS) is 1. The van der Waals surface area contributed by atoms with E-state index in [1.54, 1.807) is 30.3 Å². The van der Waals surface area contributed by atoms with Gasteiger partial charge in [-0.3, -0.25) is 4.79 Å². The molecule has 1 amide bonds. The average molecular weight is 480 g/mol. The number of carboxylic acids is 1. The van der Waals surface area contributed by atoms with Gasteiger partial charge in [-0.2, -0.15) is 0 Å². The summed E-state index contributed by atoms with van der Waals surface area (Å²) in [7, 11) is 0. The normalized spacial score (nSPS) is 10.2. The monoisotopic (exact) mass is 479 g/mol. The van der Waals surface area contributed by atoms with Crippen molar-refractivity contribution in [3.05, 3.63) is 60.6 Å². The van der Waals surface area contributed by atoms with Gasteiger partial charge < -0.3 is 10.4 Å². The van der Waals surface area contributed by atoms with Crippen LogP contribution in [0.1, 0.15) is 20.7 Å². The number of benzene rings is 2. The molecule has 2 aromatic rings. The average Bonchev–Trinajstić information content (AvgIpc) is 2.43. The number of carbonyl (C=O) groups excluding carboxylic acids is 1. The van der Waals surface area contributed by atoms with Crippen LogP contribution in [0.4, 0.5) is 5.69 Å². The van der Waals surface area contributed by atoms with E-state index in [-0.39, 0.29) is 11.3 Å². The SMILES string of the molecule is O=C(Nc1ccc(I)cc1C(=O)O)c1ccc(Cl)c(Br)c1. The Labute approximate surface area is 147 Å². The zero-order chi connectivity index (χ0) is 15.6. The lowest BCUT2D eigenvalue weighted by Crippen LogP contribution is -2.15. The summed E-state index contributed by atoms with van der Waals surface area (Å²) in [5.41, 5.74) is 0.670. The van der Waals surface area contributed by atoms with E-state index in [0.29, 0.717) is 15.1 Å². The fraction of sp³-hybridized carbons (Fsp3) is 0. The summed E-state index contributed by atoms with van der Waals surface area (Å²) in [6.45, 7) is 0. The Hall–Kier alpha value is -1.12. The molecule has 4 nitrogen and oxygen atoms in total. The molecule has 0 bridgehead atoms. The summed E-state index contributed by atoms with van der Waals surface area (Å²) in [5.74, 6) is -1.50. The number of carbonyl (C=O) groups is 2. The quantitative estimate of drug-likeness (QED) is 0.629. The Bertz CT molecular complexity index is 736. The fourth-order valence-electron chi connectivity index (χ4n) is 1.63. The van der Waals surface area contributed by atoms with Gasteiger partial charge in [0.1, 0.15) is 0 Å². The molecule has 7 heteroatoms. The molecule has 0 spiro atoms. The first-order valence-electron chi connectivity index (χ1n) is 5.67. The van der Waals surface area contributed by atoms with Crippen molar-refractivity contribution in [3.63, 3.8) is 0 Å². The standard InChI is InChI=1S/C14H8BrClINO3/c15-10-5-7(1-3-11(10)16)13(19)18-12-4-2-8(17)6-9(12)14(20)21/h1-6H,(H,18,19)(H,20,21). The first-order chi connectivity index (χ1) is 9.88. The summed E-state index contributed by atoms with van der Waals surface area (Å²) in [5, 5.41) is 12.3. The van der Waals surface area contributed by atoms with Gasteiger partial charge in [-0.1, -0.05) is 11.6 Å². The highest BCUT2D eigenvalue weighted by Crippen LogP contribution is 2.24. The van der Waals surface area contributed by atoms with Gasteiger partial charge in [-0.05, 0) is 74.9 Å². The second-order valence-electron chi connectivity index (χ2n) is 4.08. The number of anilines is 1. The van der Waals surface area contributed by atoms with Crippen LogP contribution in [0.25, 0.3) is 0 Å². The fourth-order valence-corrected chi connectivity index (χ4v) is 2.62. The lowest BCUT2D eigenvalue weighted by Gasteiger charge is -2.09. The van der Waals surface area contributed by atoms with E-state index in [4.69, 9.17) is 11.6 Å². The number of amides is 1. The molecule has 0 saturated heterocycles. The molecule has 0 radical (unpaired) electrons. The van der Waals surface area contributed by atoms with Crippen LogP contribution in [0, 0.1) is 3.57 Å². The highest BCUT2D eigenvalue weighted by Gasteiger charge is 2.14. The van der Waals surface area contributed by atoms with Crippen LogP contribution in [-0.2, 0) is 0 Å². The molecule has 0 aliphatic heterocycles. The Morgan fingerprint density at radius 3 is 2.52 bits per heavy atom. The summed E-state index contributed by atoms with van der Waals surface area (Å²) < 4.78 is 1.37. The van der Waals surface area contributed by atoms with Crippen molar-refractivity contribution < 1.29 is 14.7 Å². The second-order valence-corrected chi connectivity index (χ2v) is 6.59. The summed E-state index contributed by atoms with van der Waals surface area (Å²) in [6.07, 6.45) is 0. The van der Waals surface area contributed by atoms with Crippen molar-refractivity contribution >= 4 is 67.7 Å². The van der Waals surface area contributed by atoms with Crippen LogP contribution in [-0.4, -0.2) is 17.0 Å². The molecular weight excluding hydrogens is 472 g/mol. The van der Waals surface area contributed by atoms with Gasteiger partial charge in [0.05, 0.1) is 16.3 Å². The van der Waals surface area contributed by atoms with Crippen molar-refractivity contribution in [1.82, 2.24) is 0 Å². The lowest BCUT2D eigenvalue weighted by molar-refractivity contribution is 0.0698. The van der Waals surface area contributed by atoms with Gasteiger partial charge in [0, 0.05) is 13.6 Å². The van der Waals surface area contributed by atoms with E-state index in [0.717, 1.165) is 3.57 Å². The van der Waals surface area contributed by atoms with Crippen molar-refractivity contribution in [1.29, 1.82) is 0 Å². The summed E-state index contributed by atoms with van der Waals surface area (Å²) >= 11 is 11.1. The van der Waals surface area contributed by atoms with Gasteiger partial charge in [-0.25, -0.2) is 4.79 Å². The molecule has 0 heterocycles. The predicted octanol–water partition coefficient (Wildman–Crippen LogP) is 4.66. The third-order valence-corrected chi connectivity index (χ3v) is 4.53. The maximum Gasteiger partial charge on any atom is 0.337 e. The second kappa shape index (κ2) is 6.76. The first kappa shape index (κ1) is 16.3. The van der Waals surface area contributed by atoms with Crippen LogP contribution in [0.5, 0.6) is 0 Å². The zero-order valence-corrected chi connectivity index (χ0v) is 14.9. The van der Waals surface area contributed by atoms with Crippen molar-refractivity contribution in [2.45, 2.75) is 0 Å². The number of hydrogen-bond acceptors (Lipinski definition) is 2. The van der Waals surface area contributed by atoms with Gasteiger partial charge in [0.15, 0.2) is 0 Å². The van der Waals surface area contributed by atoms with Crippen LogP contribution in [0.15, 0.2) is 40.9 Å². The Morgan fingerprint density at radius 1 is 1.19 bits per heavy atom. The van der Waals surface area contributed by atoms with Crippen LogP contribution < -0.4 is 5.32 Å². The molecule has 0 aliphatic carbocycles. The predicted molar refractivity (Wildman–Crippen MR) is 93.2 cm³/mol. The van der Waals surface area contributed by atoms with E-state index in [1.807, 2.05) is 22.6 Å². The number of halogens is 3. The number of hydrogen-bond donors (Lipinski definition) is 2. The largest absolute Gasteiger partial charge is 0.478 e. The Kier molecular flexibility index (Phi) is 5.23. The van der Waals surface area contributed by atoms with Crippen molar-refractivity contribution in [3.8, 4) is 0 Å². The van der Waals surface area contributed by atoms with E-state index in [1.165, 1.54) is 6.07 Å². The maximum atomic E-state index is 12.2. The molecule has 0 aromatic heterocycles. The number of aromatic carboxylic acids is 1. The van der Waals surface area contributed by atoms with Crippen LogP contribution in [0.3, 0.4) is 0 Å². The molecule has 0 fully saturated rings. The molecule has 2 aromatic carbocycles. The van der Waals surface area contributed by atoms with Crippen LogP contribution in [0.2, 0.25) is 5.02 Å². The molecule has 21 heavy (non-hydrogen) atoms. The number of rotatable bonds is 3. The van der Waals surface area contributed by atoms with E-state index < -0.39 is 11.9 Å². The van der Waals surface area contributed by atoms with Gasteiger partial charge in [0.2, 0.25) is 0 Å². The maximum absolute atomic E-state index is 12.2. The molecule has 2 N–H and O–H groups in total. The third-order valence-electron chi connectivity index (χ3n) is 2.64. The molecule has 0 saturated carbocycles. The van der Waals surface area contributed by atoms with Gasteiger partial charge >= 0.3 is 5.97 Å². The summed E-state index contributed by atoms with van der Waals surface area (Å²) in [6, 6.07) is 9.51. The summed E-state index contributed by atoms with van der Waals surface area (Å²) in [4.78, 5) is 23.4. The van der Waals surface area contributed by atoms with E-state index >= 15 is 0 Å². The minimum atomic E-state index is -1.10. The van der Waals surface area contributed by atoms with Crippen molar-refractivity contribution in [2.75, 3.05) is 5.32 Å². The minimum absolute atomic E-state index is 0.0447. The van der Waals surface area contributed by atoms with Crippen LogP contribution >= 0.6 is 50.1 Å². The molecule has 0 aliphatic rings. The van der Waals surface area contributed by atoms with E-state index in [2.05, 4.69) is 21.2 Å². The molecular formula is C14H8BrClINO3. The first-order valence-corrected chi connectivity index (χ1v) is 7.92. The van der Waals surface area contributed by atoms with E-state index in [9.17, 15) is 14.7 Å². The minimum Gasteiger partial charge on any atom is -0.478 e. The topological polar surface area (TPSA) is 66.4 Å². The zero-order valence-electron chi connectivity index (χ0n) is 10.4. The third kappa shape index (κ3) is 3.96. The highest BCUT2D eigenvalue weighted by molar-refractivity contribution is 14.1. The van der Waals surface area contributed by atoms with Gasteiger partial charge in [0.25, 0.3) is 5.91 Å². The molecule has 0 unspecified atom stereocenters. The highest BCUT2D eigenvalue weighted by atomic mass is 127. The molecule has 0 atom stereocenters. The number of nitrogens with one attached hydrogen (secondary N) is 1. The Balaban J connectivity index is 2.31. The molecule has 2 rings (SSSR count). The Morgan fingerprint density at radius 2 is 1.90 bits per heavy atom. The van der Waals surface area contributed by atoms with Gasteiger partial charge in [-0.15, -0.1) is 0 Å². The smallest absolute Gasteiger partial charge is 0.337 e.